The van der Waals surface area contributed by atoms with Crippen LogP contribution < -0.4 is 0 Å². The minimum atomic E-state index is -0.507. The molecular formula is C13H24O3. The van der Waals surface area contributed by atoms with Crippen LogP contribution in [0.5, 0.6) is 0 Å². The Morgan fingerprint density at radius 2 is 1.75 bits per heavy atom. The Balaban J connectivity index is 2.42. The third-order valence-corrected chi connectivity index (χ3v) is 3.04. The average Bonchev–Trinajstić information content (AvgIpc) is 2.63. The van der Waals surface area contributed by atoms with Crippen LogP contribution in [0.2, 0.25) is 0 Å². The lowest BCUT2D eigenvalue weighted by atomic mass is 9.94. The van der Waals surface area contributed by atoms with Gasteiger partial charge in [0.05, 0.1) is 13.2 Å². The van der Waals surface area contributed by atoms with Crippen molar-refractivity contribution in [1.29, 1.82) is 0 Å². The number of carbonyl (C=O) groups excluding carboxylic acids is 1. The number of carbonyl (C=O) groups is 1. The third-order valence-electron chi connectivity index (χ3n) is 3.04. The van der Waals surface area contributed by atoms with Gasteiger partial charge in [0.25, 0.3) is 0 Å². The maximum atomic E-state index is 11.7. The second kappa shape index (κ2) is 5.78. The predicted octanol–water partition coefficient (Wildman–Crippen LogP) is 2.78. The molecule has 3 heteroatoms. The lowest BCUT2D eigenvalue weighted by Gasteiger charge is -2.31. The minimum absolute atomic E-state index is 0.293. The lowest BCUT2D eigenvalue weighted by molar-refractivity contribution is -0.193. The summed E-state index contributed by atoms with van der Waals surface area (Å²) in [5.41, 5.74) is 0. The Bertz CT molecular complexity index is 227. The highest BCUT2D eigenvalue weighted by Gasteiger charge is 2.39. The number of ether oxygens (including phenoxy) is 2. The molecule has 0 aromatic rings. The van der Waals surface area contributed by atoms with Gasteiger partial charge in [0.15, 0.2) is 5.79 Å². The normalized spacial score (nSPS) is 19.6. The molecule has 1 heterocycles. The van der Waals surface area contributed by atoms with Crippen LogP contribution in [0.15, 0.2) is 0 Å². The maximum Gasteiger partial charge on any atom is 0.171 e. The van der Waals surface area contributed by atoms with Crippen LogP contribution in [0, 0.1) is 11.8 Å². The van der Waals surface area contributed by atoms with E-state index in [2.05, 4.69) is 27.7 Å². The summed E-state index contributed by atoms with van der Waals surface area (Å²) in [6.45, 7) is 9.60. The number of ketones is 1. The van der Waals surface area contributed by atoms with Crippen LogP contribution in [0.3, 0.4) is 0 Å². The summed E-state index contributed by atoms with van der Waals surface area (Å²) >= 11 is 0. The number of Topliss-reactive ketones (excluding diaryl/α,β-unsaturated/α-hetero) is 1. The molecule has 0 saturated carbocycles. The molecule has 0 aromatic heterocycles. The van der Waals surface area contributed by atoms with E-state index in [0.29, 0.717) is 50.1 Å². The van der Waals surface area contributed by atoms with Gasteiger partial charge in [-0.05, 0) is 5.92 Å². The molecule has 1 aliphatic rings. The van der Waals surface area contributed by atoms with Crippen LogP contribution in [0.4, 0.5) is 0 Å². The molecule has 1 aliphatic heterocycles. The molecule has 0 N–H and O–H groups in total. The van der Waals surface area contributed by atoms with Crippen molar-refractivity contribution in [2.24, 2.45) is 11.8 Å². The summed E-state index contributed by atoms with van der Waals surface area (Å²) in [7, 11) is 0. The summed E-state index contributed by atoms with van der Waals surface area (Å²) in [4.78, 5) is 11.7. The van der Waals surface area contributed by atoms with Gasteiger partial charge in [0.2, 0.25) is 0 Å². The smallest absolute Gasteiger partial charge is 0.171 e. The number of hydrogen-bond acceptors (Lipinski definition) is 3. The molecule has 94 valence electrons. The average molecular weight is 228 g/mol. The van der Waals surface area contributed by atoms with Crippen molar-refractivity contribution in [3.63, 3.8) is 0 Å². The summed E-state index contributed by atoms with van der Waals surface area (Å²) in [6.07, 6.45) is 1.92. The molecule has 0 atom stereocenters. The van der Waals surface area contributed by atoms with Crippen molar-refractivity contribution >= 4 is 5.78 Å². The van der Waals surface area contributed by atoms with Gasteiger partial charge in [0, 0.05) is 25.2 Å². The van der Waals surface area contributed by atoms with Gasteiger partial charge in [-0.1, -0.05) is 27.7 Å². The summed E-state index contributed by atoms with van der Waals surface area (Å²) in [5.74, 6) is 0.538. The van der Waals surface area contributed by atoms with Crippen molar-refractivity contribution in [2.75, 3.05) is 13.2 Å². The van der Waals surface area contributed by atoms with E-state index in [9.17, 15) is 4.79 Å². The zero-order chi connectivity index (χ0) is 12.2. The van der Waals surface area contributed by atoms with Crippen LogP contribution in [-0.2, 0) is 14.3 Å². The van der Waals surface area contributed by atoms with E-state index in [1.54, 1.807) is 0 Å². The van der Waals surface area contributed by atoms with E-state index in [1.165, 1.54) is 0 Å². The number of rotatable bonds is 6. The molecule has 0 radical (unpaired) electrons. The van der Waals surface area contributed by atoms with Crippen molar-refractivity contribution in [1.82, 2.24) is 0 Å². The SMILES string of the molecule is CC(C)CC(=O)CCC1(C(C)C)OCCO1. The molecule has 0 bridgehead atoms. The fraction of sp³-hybridized carbons (Fsp3) is 0.923. The van der Waals surface area contributed by atoms with E-state index in [1.807, 2.05) is 0 Å². The highest BCUT2D eigenvalue weighted by molar-refractivity contribution is 5.78. The first-order chi connectivity index (χ1) is 7.46. The second-order valence-corrected chi connectivity index (χ2v) is 5.30. The van der Waals surface area contributed by atoms with Crippen LogP contribution in [-0.4, -0.2) is 24.8 Å². The zero-order valence-electron chi connectivity index (χ0n) is 10.9. The van der Waals surface area contributed by atoms with Gasteiger partial charge in [-0.2, -0.15) is 0 Å². The second-order valence-electron chi connectivity index (χ2n) is 5.30. The topological polar surface area (TPSA) is 35.5 Å². The largest absolute Gasteiger partial charge is 0.347 e. The molecule has 1 saturated heterocycles. The van der Waals surface area contributed by atoms with Crippen LogP contribution in [0.1, 0.15) is 47.0 Å². The third kappa shape index (κ3) is 3.56. The quantitative estimate of drug-likeness (QED) is 0.701. The summed E-state index contributed by atoms with van der Waals surface area (Å²) in [5, 5.41) is 0. The molecule has 0 unspecified atom stereocenters. The molecule has 16 heavy (non-hydrogen) atoms. The van der Waals surface area contributed by atoms with Gasteiger partial charge in [-0.15, -0.1) is 0 Å². The molecule has 1 fully saturated rings. The zero-order valence-corrected chi connectivity index (χ0v) is 10.9. The molecule has 0 spiro atoms. The Morgan fingerprint density at radius 1 is 1.19 bits per heavy atom. The van der Waals surface area contributed by atoms with Gasteiger partial charge in [-0.3, -0.25) is 4.79 Å². The van der Waals surface area contributed by atoms with Gasteiger partial charge in [-0.25, -0.2) is 0 Å². The molecular weight excluding hydrogens is 204 g/mol. The lowest BCUT2D eigenvalue weighted by Crippen LogP contribution is -2.37. The molecule has 3 nitrogen and oxygen atoms in total. The molecule has 0 aliphatic carbocycles. The maximum absolute atomic E-state index is 11.7. The fourth-order valence-corrected chi connectivity index (χ4v) is 2.11. The van der Waals surface area contributed by atoms with Crippen molar-refractivity contribution in [3.8, 4) is 0 Å². The van der Waals surface area contributed by atoms with Gasteiger partial charge in [0.1, 0.15) is 5.78 Å². The molecule has 1 rings (SSSR count). The first kappa shape index (κ1) is 13.7. The summed E-state index contributed by atoms with van der Waals surface area (Å²) < 4.78 is 11.4. The van der Waals surface area contributed by atoms with Crippen molar-refractivity contribution in [3.05, 3.63) is 0 Å². The minimum Gasteiger partial charge on any atom is -0.347 e. The molecule has 0 amide bonds. The highest BCUT2D eigenvalue weighted by atomic mass is 16.7. The van der Waals surface area contributed by atoms with E-state index in [4.69, 9.17) is 9.47 Å². The van der Waals surface area contributed by atoms with E-state index < -0.39 is 5.79 Å². The van der Waals surface area contributed by atoms with E-state index >= 15 is 0 Å². The van der Waals surface area contributed by atoms with E-state index in [-0.39, 0.29) is 0 Å². The Morgan fingerprint density at radius 3 is 2.19 bits per heavy atom. The van der Waals surface area contributed by atoms with Crippen molar-refractivity contribution in [2.45, 2.75) is 52.7 Å². The first-order valence-corrected chi connectivity index (χ1v) is 6.26. The Kier molecular flexibility index (Phi) is 4.93. The Hall–Kier alpha value is -0.410. The van der Waals surface area contributed by atoms with Crippen molar-refractivity contribution < 1.29 is 14.3 Å². The highest BCUT2D eigenvalue weighted by Crippen LogP contribution is 2.32. The monoisotopic (exact) mass is 228 g/mol. The van der Waals surface area contributed by atoms with Gasteiger partial charge < -0.3 is 9.47 Å². The van der Waals surface area contributed by atoms with Gasteiger partial charge >= 0.3 is 0 Å². The predicted molar refractivity (Wildman–Crippen MR) is 63.2 cm³/mol. The number of hydrogen-bond donors (Lipinski definition) is 0. The van der Waals surface area contributed by atoms with Crippen LogP contribution in [0.25, 0.3) is 0 Å². The van der Waals surface area contributed by atoms with Crippen LogP contribution >= 0.6 is 0 Å². The standard InChI is InChI=1S/C13H24O3/c1-10(2)9-12(14)5-6-13(11(3)4)15-7-8-16-13/h10-11H,5-9H2,1-4H3. The summed E-state index contributed by atoms with van der Waals surface area (Å²) in [6, 6.07) is 0. The van der Waals surface area contributed by atoms with E-state index in [0.717, 1.165) is 0 Å². The fourth-order valence-electron chi connectivity index (χ4n) is 2.11. The first-order valence-electron chi connectivity index (χ1n) is 6.26. The molecule has 0 aromatic carbocycles. The Labute approximate surface area is 98.5 Å².